The largest absolute Gasteiger partial charge is 0.493 e. The minimum Gasteiger partial charge on any atom is -0.493 e. The highest BCUT2D eigenvalue weighted by atomic mass is 35.5. The van der Waals surface area contributed by atoms with Gasteiger partial charge in [0.05, 0.1) is 17.7 Å². The minimum atomic E-state index is -0.596. The number of fused-ring (bicyclic) bond motifs is 1. The molecule has 0 radical (unpaired) electrons. The summed E-state index contributed by atoms with van der Waals surface area (Å²) in [5, 5.41) is 9.53. The number of ether oxygens (including phenoxy) is 1. The number of hydrogen-bond donors (Lipinski definition) is 1. The second-order valence-electron chi connectivity index (χ2n) is 2.96. The van der Waals surface area contributed by atoms with Crippen LogP contribution < -0.4 is 4.74 Å². The molecule has 0 spiro atoms. The second-order valence-corrected chi connectivity index (χ2v) is 3.36. The molecule has 1 aliphatic rings. The van der Waals surface area contributed by atoms with Gasteiger partial charge >= 0.3 is 0 Å². The zero-order valence-corrected chi connectivity index (χ0v) is 7.51. The molecule has 0 amide bonds. The number of halogens is 2. The van der Waals surface area contributed by atoms with E-state index in [1.165, 1.54) is 12.1 Å². The first kappa shape index (κ1) is 8.78. The van der Waals surface area contributed by atoms with Crippen molar-refractivity contribution >= 4 is 11.6 Å². The van der Waals surface area contributed by atoms with Crippen LogP contribution in [-0.2, 0) is 0 Å². The van der Waals surface area contributed by atoms with Crippen LogP contribution in [-0.4, -0.2) is 11.7 Å². The fourth-order valence-corrected chi connectivity index (χ4v) is 1.54. The molecule has 4 heteroatoms. The molecule has 1 aromatic carbocycles. The molecule has 1 atom stereocenters. The van der Waals surface area contributed by atoms with Crippen LogP contribution in [0.3, 0.4) is 0 Å². The van der Waals surface area contributed by atoms with Crippen molar-refractivity contribution in [2.24, 2.45) is 0 Å². The molecule has 13 heavy (non-hydrogen) atoms. The average Bonchev–Trinajstić information content (AvgIpc) is 2.09. The van der Waals surface area contributed by atoms with E-state index < -0.39 is 11.9 Å². The Morgan fingerprint density at radius 3 is 3.08 bits per heavy atom. The highest BCUT2D eigenvalue weighted by Crippen LogP contribution is 2.35. The van der Waals surface area contributed by atoms with Gasteiger partial charge in [-0.05, 0) is 6.07 Å². The van der Waals surface area contributed by atoms with Crippen molar-refractivity contribution in [2.45, 2.75) is 12.5 Å². The zero-order chi connectivity index (χ0) is 9.42. The standard InChI is InChI=1S/C9H8ClFO2/c10-6-3-5-8(12)1-2-13-9(5)4-7(6)11/h3-4,8,12H,1-2H2. The number of rotatable bonds is 0. The minimum absolute atomic E-state index is 0.0169. The lowest BCUT2D eigenvalue weighted by Crippen LogP contribution is -2.13. The first-order valence-electron chi connectivity index (χ1n) is 3.98. The fourth-order valence-electron chi connectivity index (χ4n) is 1.37. The molecule has 1 heterocycles. The van der Waals surface area contributed by atoms with Gasteiger partial charge in [0.2, 0.25) is 0 Å². The van der Waals surface area contributed by atoms with Crippen molar-refractivity contribution in [3.05, 3.63) is 28.5 Å². The third-order valence-electron chi connectivity index (χ3n) is 2.06. The Balaban J connectivity index is 2.52. The van der Waals surface area contributed by atoms with Crippen molar-refractivity contribution in [2.75, 3.05) is 6.61 Å². The molecule has 0 saturated heterocycles. The predicted molar refractivity (Wildman–Crippen MR) is 46.5 cm³/mol. The Kier molecular flexibility index (Phi) is 2.14. The van der Waals surface area contributed by atoms with E-state index in [1.54, 1.807) is 0 Å². The van der Waals surface area contributed by atoms with Gasteiger partial charge in [-0.1, -0.05) is 11.6 Å². The Bertz CT molecular complexity index is 341. The summed E-state index contributed by atoms with van der Waals surface area (Å²) in [6.45, 7) is 0.412. The molecule has 2 rings (SSSR count). The van der Waals surface area contributed by atoms with Gasteiger partial charge in [-0.15, -0.1) is 0 Å². The van der Waals surface area contributed by atoms with Crippen molar-refractivity contribution in [1.82, 2.24) is 0 Å². The van der Waals surface area contributed by atoms with Crippen LogP contribution in [0.4, 0.5) is 4.39 Å². The lowest BCUT2D eigenvalue weighted by molar-refractivity contribution is 0.115. The highest BCUT2D eigenvalue weighted by molar-refractivity contribution is 6.30. The summed E-state index contributed by atoms with van der Waals surface area (Å²) in [5.41, 5.74) is 0.567. The number of benzene rings is 1. The monoisotopic (exact) mass is 202 g/mol. The van der Waals surface area contributed by atoms with Crippen molar-refractivity contribution in [3.8, 4) is 5.75 Å². The van der Waals surface area contributed by atoms with Crippen molar-refractivity contribution in [1.29, 1.82) is 0 Å². The molecule has 0 fully saturated rings. The Morgan fingerprint density at radius 2 is 2.31 bits per heavy atom. The Morgan fingerprint density at radius 1 is 1.54 bits per heavy atom. The maximum Gasteiger partial charge on any atom is 0.145 e. The van der Waals surface area contributed by atoms with E-state index in [0.29, 0.717) is 24.3 Å². The Labute approximate surface area is 79.9 Å². The Hall–Kier alpha value is -0.800. The third-order valence-corrected chi connectivity index (χ3v) is 2.35. The fraction of sp³-hybridized carbons (Fsp3) is 0.333. The van der Waals surface area contributed by atoms with Crippen LogP contribution in [0, 0.1) is 5.82 Å². The van der Waals surface area contributed by atoms with E-state index in [-0.39, 0.29) is 5.02 Å². The van der Waals surface area contributed by atoms with Crippen LogP contribution >= 0.6 is 11.6 Å². The molecular formula is C9H8ClFO2. The molecular weight excluding hydrogens is 195 g/mol. The van der Waals surface area contributed by atoms with E-state index in [9.17, 15) is 9.50 Å². The molecule has 70 valence electrons. The summed E-state index contributed by atoms with van der Waals surface area (Å²) >= 11 is 5.57. The van der Waals surface area contributed by atoms with E-state index in [0.717, 1.165) is 0 Å². The number of hydrogen-bond acceptors (Lipinski definition) is 2. The molecule has 0 aliphatic carbocycles. The summed E-state index contributed by atoms with van der Waals surface area (Å²) < 4.78 is 18.1. The van der Waals surface area contributed by atoms with Crippen LogP contribution in [0.25, 0.3) is 0 Å². The molecule has 0 bridgehead atoms. The van der Waals surface area contributed by atoms with Crippen LogP contribution in [0.1, 0.15) is 18.1 Å². The van der Waals surface area contributed by atoms with Gasteiger partial charge in [0.1, 0.15) is 11.6 Å². The topological polar surface area (TPSA) is 29.5 Å². The summed E-state index contributed by atoms with van der Waals surface area (Å²) in [6.07, 6.45) is -0.0727. The smallest absolute Gasteiger partial charge is 0.145 e. The van der Waals surface area contributed by atoms with Crippen LogP contribution in [0.5, 0.6) is 5.75 Å². The molecule has 2 nitrogen and oxygen atoms in total. The molecule has 1 unspecified atom stereocenters. The summed E-state index contributed by atoms with van der Waals surface area (Å²) in [7, 11) is 0. The first-order chi connectivity index (χ1) is 6.18. The average molecular weight is 203 g/mol. The van der Waals surface area contributed by atoms with Gasteiger partial charge < -0.3 is 9.84 Å². The summed E-state index contributed by atoms with van der Waals surface area (Å²) in [4.78, 5) is 0. The van der Waals surface area contributed by atoms with Gasteiger partial charge in [-0.3, -0.25) is 0 Å². The molecule has 1 aliphatic heterocycles. The first-order valence-corrected chi connectivity index (χ1v) is 4.36. The molecule has 0 aromatic heterocycles. The van der Waals surface area contributed by atoms with Crippen LogP contribution in [0.15, 0.2) is 12.1 Å². The third kappa shape index (κ3) is 1.49. The van der Waals surface area contributed by atoms with E-state index in [4.69, 9.17) is 16.3 Å². The van der Waals surface area contributed by atoms with Gasteiger partial charge in [0.25, 0.3) is 0 Å². The number of aliphatic hydroxyl groups excluding tert-OH is 1. The highest BCUT2D eigenvalue weighted by Gasteiger charge is 2.21. The predicted octanol–water partition coefficient (Wildman–Crippen LogP) is 2.29. The quantitative estimate of drug-likeness (QED) is 0.700. The van der Waals surface area contributed by atoms with Gasteiger partial charge in [-0.2, -0.15) is 0 Å². The number of aliphatic hydroxyl groups is 1. The van der Waals surface area contributed by atoms with Crippen LogP contribution in [0.2, 0.25) is 5.02 Å². The summed E-state index contributed by atoms with van der Waals surface area (Å²) in [5.74, 6) is -0.129. The van der Waals surface area contributed by atoms with Gasteiger partial charge in [0.15, 0.2) is 0 Å². The lowest BCUT2D eigenvalue weighted by Gasteiger charge is -2.22. The van der Waals surface area contributed by atoms with E-state index >= 15 is 0 Å². The lowest BCUT2D eigenvalue weighted by atomic mass is 10.0. The SMILES string of the molecule is OC1CCOc2cc(F)c(Cl)cc21. The summed E-state index contributed by atoms with van der Waals surface area (Å²) in [6, 6.07) is 2.62. The maximum absolute atomic E-state index is 12.9. The van der Waals surface area contributed by atoms with Crippen molar-refractivity contribution in [3.63, 3.8) is 0 Å². The molecule has 1 aromatic rings. The second kappa shape index (κ2) is 3.16. The van der Waals surface area contributed by atoms with E-state index in [1.807, 2.05) is 0 Å². The van der Waals surface area contributed by atoms with Gasteiger partial charge in [0, 0.05) is 18.1 Å². The zero-order valence-electron chi connectivity index (χ0n) is 6.76. The van der Waals surface area contributed by atoms with E-state index in [2.05, 4.69) is 0 Å². The van der Waals surface area contributed by atoms with Gasteiger partial charge in [-0.25, -0.2) is 4.39 Å². The van der Waals surface area contributed by atoms with Crippen molar-refractivity contribution < 1.29 is 14.2 Å². The maximum atomic E-state index is 12.9. The molecule has 0 saturated carbocycles. The normalized spacial score (nSPS) is 20.7. The molecule has 1 N–H and O–H groups in total.